The molecule has 1 aliphatic carbocycles. The molecule has 0 unspecified atom stereocenters. The highest BCUT2D eigenvalue weighted by Gasteiger charge is 2.39. The molecule has 1 aromatic heterocycles. The highest BCUT2D eigenvalue weighted by Crippen LogP contribution is 2.27. The van der Waals surface area contributed by atoms with E-state index < -0.39 is 0 Å². The molecule has 1 N–H and O–H groups in total. The van der Waals surface area contributed by atoms with Crippen molar-refractivity contribution in [3.8, 4) is 0 Å². The van der Waals surface area contributed by atoms with Crippen LogP contribution >= 0.6 is 0 Å². The first-order chi connectivity index (χ1) is 8.75. The summed E-state index contributed by atoms with van der Waals surface area (Å²) >= 11 is 0. The van der Waals surface area contributed by atoms with Crippen molar-refractivity contribution < 1.29 is 14.0 Å². The van der Waals surface area contributed by atoms with Crippen molar-refractivity contribution in [2.75, 3.05) is 6.54 Å². The van der Waals surface area contributed by atoms with Crippen LogP contribution in [0.2, 0.25) is 0 Å². The molecule has 2 amide bonds. The van der Waals surface area contributed by atoms with Crippen molar-refractivity contribution in [1.29, 1.82) is 0 Å². The number of fused-ring (bicyclic) bond motifs is 1. The van der Waals surface area contributed by atoms with E-state index in [0.717, 1.165) is 25.7 Å². The third-order valence-electron chi connectivity index (χ3n) is 3.82. The fourth-order valence-corrected chi connectivity index (χ4v) is 2.95. The van der Waals surface area contributed by atoms with E-state index in [1.807, 2.05) is 0 Å². The Bertz CT molecular complexity index is 455. The Morgan fingerprint density at radius 1 is 1.39 bits per heavy atom. The maximum absolute atomic E-state index is 12.3. The Balaban J connectivity index is 1.84. The standard InChI is InChI=1S/C13H16N2O3/c16-12-7-15(13(17)9-5-6-18-8-9)11-4-2-1-3-10(11)14-12/h5-6,8,10-11H,1-4,7H2,(H,14,16)/t10-,11-/m1/s1. The van der Waals surface area contributed by atoms with Crippen LogP contribution in [-0.4, -0.2) is 35.3 Å². The molecule has 18 heavy (non-hydrogen) atoms. The minimum absolute atomic E-state index is 0.0602. The molecule has 1 aromatic rings. The van der Waals surface area contributed by atoms with E-state index in [4.69, 9.17) is 4.42 Å². The Hall–Kier alpha value is -1.78. The molecule has 2 atom stereocenters. The fraction of sp³-hybridized carbons (Fsp3) is 0.538. The number of hydrogen-bond donors (Lipinski definition) is 1. The lowest BCUT2D eigenvalue weighted by Gasteiger charge is -2.43. The average molecular weight is 248 g/mol. The lowest BCUT2D eigenvalue weighted by Crippen LogP contribution is -2.62. The van der Waals surface area contributed by atoms with Gasteiger partial charge in [-0.3, -0.25) is 9.59 Å². The Kier molecular flexibility index (Phi) is 2.81. The van der Waals surface area contributed by atoms with Crippen LogP contribution in [0.4, 0.5) is 0 Å². The number of rotatable bonds is 1. The summed E-state index contributed by atoms with van der Waals surface area (Å²) in [5.41, 5.74) is 0.522. The van der Waals surface area contributed by atoms with Crippen molar-refractivity contribution in [2.45, 2.75) is 37.8 Å². The fourth-order valence-electron chi connectivity index (χ4n) is 2.95. The summed E-state index contributed by atoms with van der Waals surface area (Å²) in [5, 5.41) is 2.99. The first-order valence-corrected chi connectivity index (χ1v) is 6.38. The van der Waals surface area contributed by atoms with Gasteiger partial charge in [-0.25, -0.2) is 0 Å². The van der Waals surface area contributed by atoms with Crippen LogP contribution in [0, 0.1) is 0 Å². The lowest BCUT2D eigenvalue weighted by molar-refractivity contribution is -0.127. The number of carbonyl (C=O) groups excluding carboxylic acids is 2. The SMILES string of the molecule is O=C1CN(C(=O)c2ccoc2)[C@@H]2CCCC[C@H]2N1. The van der Waals surface area contributed by atoms with Gasteiger partial charge in [-0.05, 0) is 18.9 Å². The van der Waals surface area contributed by atoms with Gasteiger partial charge in [0.15, 0.2) is 0 Å². The van der Waals surface area contributed by atoms with Gasteiger partial charge in [0.25, 0.3) is 5.91 Å². The predicted molar refractivity (Wildman–Crippen MR) is 63.9 cm³/mol. The smallest absolute Gasteiger partial charge is 0.257 e. The van der Waals surface area contributed by atoms with Crippen LogP contribution in [0.5, 0.6) is 0 Å². The van der Waals surface area contributed by atoms with Gasteiger partial charge in [-0.1, -0.05) is 12.8 Å². The molecular formula is C13H16N2O3. The zero-order valence-electron chi connectivity index (χ0n) is 10.1. The third kappa shape index (κ3) is 1.89. The zero-order valence-corrected chi connectivity index (χ0v) is 10.1. The normalized spacial score (nSPS) is 27.6. The van der Waals surface area contributed by atoms with Crippen LogP contribution < -0.4 is 5.32 Å². The molecule has 0 aromatic carbocycles. The maximum Gasteiger partial charge on any atom is 0.257 e. The van der Waals surface area contributed by atoms with Crippen LogP contribution in [0.15, 0.2) is 23.0 Å². The molecule has 2 heterocycles. The van der Waals surface area contributed by atoms with Gasteiger partial charge in [0.1, 0.15) is 12.8 Å². The summed E-state index contributed by atoms with van der Waals surface area (Å²) in [6.07, 6.45) is 7.09. The molecule has 5 nitrogen and oxygen atoms in total. The van der Waals surface area contributed by atoms with E-state index in [9.17, 15) is 9.59 Å². The van der Waals surface area contributed by atoms with E-state index in [1.165, 1.54) is 12.5 Å². The van der Waals surface area contributed by atoms with Crippen LogP contribution in [0.3, 0.4) is 0 Å². The monoisotopic (exact) mass is 248 g/mol. The molecule has 3 rings (SSSR count). The highest BCUT2D eigenvalue weighted by atomic mass is 16.3. The molecule has 5 heteroatoms. The van der Waals surface area contributed by atoms with Gasteiger partial charge in [0, 0.05) is 6.04 Å². The Morgan fingerprint density at radius 2 is 2.22 bits per heavy atom. The van der Waals surface area contributed by atoms with Gasteiger partial charge in [-0.2, -0.15) is 0 Å². The summed E-state index contributed by atoms with van der Waals surface area (Å²) in [6.45, 7) is 0.158. The number of amides is 2. The molecule has 0 spiro atoms. The van der Waals surface area contributed by atoms with E-state index >= 15 is 0 Å². The van der Waals surface area contributed by atoms with E-state index in [-0.39, 0.29) is 30.4 Å². The number of nitrogens with one attached hydrogen (secondary N) is 1. The van der Waals surface area contributed by atoms with E-state index in [1.54, 1.807) is 11.0 Å². The van der Waals surface area contributed by atoms with Crippen LogP contribution in [0.1, 0.15) is 36.0 Å². The first-order valence-electron chi connectivity index (χ1n) is 6.38. The van der Waals surface area contributed by atoms with Gasteiger partial charge in [-0.15, -0.1) is 0 Å². The first kappa shape index (κ1) is 11.3. The summed E-state index contributed by atoms with van der Waals surface area (Å²) < 4.78 is 4.94. The van der Waals surface area contributed by atoms with Gasteiger partial charge in [0.2, 0.25) is 5.91 Å². The van der Waals surface area contributed by atoms with Gasteiger partial charge >= 0.3 is 0 Å². The number of nitrogens with zero attached hydrogens (tertiary/aromatic N) is 1. The zero-order chi connectivity index (χ0) is 12.5. The Morgan fingerprint density at radius 3 is 3.00 bits per heavy atom. The van der Waals surface area contributed by atoms with Crippen molar-refractivity contribution in [3.05, 3.63) is 24.2 Å². The number of carbonyl (C=O) groups is 2. The summed E-state index contributed by atoms with van der Waals surface area (Å²) in [4.78, 5) is 25.7. The molecule has 96 valence electrons. The van der Waals surface area contributed by atoms with Gasteiger partial charge in [0.05, 0.1) is 17.9 Å². The number of piperazine rings is 1. The summed E-state index contributed by atoms with van der Waals surface area (Å²) in [6, 6.07) is 1.90. The maximum atomic E-state index is 12.3. The van der Waals surface area contributed by atoms with E-state index in [2.05, 4.69) is 5.32 Å². The molecule has 0 radical (unpaired) electrons. The quantitative estimate of drug-likeness (QED) is 0.811. The second-order valence-corrected chi connectivity index (χ2v) is 4.97. The second-order valence-electron chi connectivity index (χ2n) is 4.97. The molecule has 2 aliphatic rings. The molecule has 0 bridgehead atoms. The number of furan rings is 1. The predicted octanol–water partition coefficient (Wildman–Crippen LogP) is 1.16. The number of hydrogen-bond acceptors (Lipinski definition) is 3. The van der Waals surface area contributed by atoms with E-state index in [0.29, 0.717) is 5.56 Å². The van der Waals surface area contributed by atoms with Gasteiger partial charge < -0.3 is 14.6 Å². The molecule has 1 saturated carbocycles. The minimum atomic E-state index is -0.101. The molecule has 2 fully saturated rings. The average Bonchev–Trinajstić information content (AvgIpc) is 2.90. The molecule has 1 saturated heterocycles. The van der Waals surface area contributed by atoms with Crippen LogP contribution in [0.25, 0.3) is 0 Å². The third-order valence-corrected chi connectivity index (χ3v) is 3.82. The molecular weight excluding hydrogens is 232 g/mol. The second kappa shape index (κ2) is 4.48. The molecule has 1 aliphatic heterocycles. The highest BCUT2D eigenvalue weighted by molar-refractivity contribution is 5.97. The van der Waals surface area contributed by atoms with Crippen LogP contribution in [-0.2, 0) is 4.79 Å². The van der Waals surface area contributed by atoms with Crippen molar-refractivity contribution in [3.63, 3.8) is 0 Å². The lowest BCUT2D eigenvalue weighted by atomic mass is 9.87. The van der Waals surface area contributed by atoms with Crippen molar-refractivity contribution in [1.82, 2.24) is 10.2 Å². The summed E-state index contributed by atoms with van der Waals surface area (Å²) in [5.74, 6) is -0.162. The minimum Gasteiger partial charge on any atom is -0.472 e. The Labute approximate surface area is 105 Å². The topological polar surface area (TPSA) is 62.6 Å². The largest absolute Gasteiger partial charge is 0.472 e. The summed E-state index contributed by atoms with van der Waals surface area (Å²) in [7, 11) is 0. The van der Waals surface area contributed by atoms with Crippen molar-refractivity contribution >= 4 is 11.8 Å². The van der Waals surface area contributed by atoms with Crippen molar-refractivity contribution in [2.24, 2.45) is 0 Å².